The fraction of sp³-hybridized carbons (Fsp3) is 0.300. The van der Waals surface area contributed by atoms with Crippen molar-refractivity contribution in [3.63, 3.8) is 0 Å². The zero-order valence-electron chi connectivity index (χ0n) is 9.38. The predicted octanol–water partition coefficient (Wildman–Crippen LogP) is 2.42. The number of aliphatic carboxylic acids is 1. The number of carboxylic acid groups (broad SMARTS) is 1. The molecular formula is C10H7F6NO3. The summed E-state index contributed by atoms with van der Waals surface area (Å²) in [4.78, 5) is 10.5. The number of nitrogen functional groups attached to an aromatic ring is 1. The van der Waals surface area contributed by atoms with Gasteiger partial charge < -0.3 is 15.9 Å². The first-order chi connectivity index (χ1) is 8.87. The molecule has 1 aromatic rings. The molecule has 4 nitrogen and oxygen atoms in total. The van der Waals surface area contributed by atoms with Crippen LogP contribution in [0, 0.1) is 0 Å². The third-order valence-electron chi connectivity index (χ3n) is 2.40. The van der Waals surface area contributed by atoms with Gasteiger partial charge in [0.2, 0.25) is 0 Å². The number of aliphatic hydroxyl groups excluding tert-OH is 1. The Kier molecular flexibility index (Phi) is 3.90. The van der Waals surface area contributed by atoms with E-state index in [1.807, 2.05) is 0 Å². The molecule has 20 heavy (non-hydrogen) atoms. The van der Waals surface area contributed by atoms with Crippen LogP contribution in [0.15, 0.2) is 12.1 Å². The van der Waals surface area contributed by atoms with Crippen molar-refractivity contribution < 1.29 is 41.4 Å². The van der Waals surface area contributed by atoms with Gasteiger partial charge in [0.15, 0.2) is 6.10 Å². The summed E-state index contributed by atoms with van der Waals surface area (Å²) in [6.45, 7) is 0. The van der Waals surface area contributed by atoms with Crippen LogP contribution in [0.3, 0.4) is 0 Å². The van der Waals surface area contributed by atoms with E-state index >= 15 is 0 Å². The highest BCUT2D eigenvalue weighted by Crippen LogP contribution is 2.45. The van der Waals surface area contributed by atoms with Crippen molar-refractivity contribution in [1.29, 1.82) is 0 Å². The van der Waals surface area contributed by atoms with Crippen molar-refractivity contribution in [2.45, 2.75) is 18.5 Å². The fourth-order valence-corrected chi connectivity index (χ4v) is 1.55. The summed E-state index contributed by atoms with van der Waals surface area (Å²) in [7, 11) is 0. The summed E-state index contributed by atoms with van der Waals surface area (Å²) in [5.74, 6) is -1.94. The summed E-state index contributed by atoms with van der Waals surface area (Å²) in [6.07, 6.45) is -13.2. The number of nitrogens with two attached hydrogens (primary N) is 1. The fourth-order valence-electron chi connectivity index (χ4n) is 1.55. The molecule has 0 radical (unpaired) electrons. The highest BCUT2D eigenvalue weighted by molar-refractivity contribution is 5.78. The number of carbonyl (C=O) groups is 1. The van der Waals surface area contributed by atoms with Crippen molar-refractivity contribution in [1.82, 2.24) is 0 Å². The monoisotopic (exact) mass is 303 g/mol. The molecule has 1 unspecified atom stereocenters. The van der Waals surface area contributed by atoms with Crippen molar-refractivity contribution >= 4 is 11.7 Å². The average molecular weight is 303 g/mol. The van der Waals surface area contributed by atoms with Crippen molar-refractivity contribution in [3.05, 3.63) is 28.8 Å². The lowest BCUT2D eigenvalue weighted by atomic mass is 9.97. The lowest BCUT2D eigenvalue weighted by Crippen LogP contribution is -2.22. The number of benzene rings is 1. The van der Waals surface area contributed by atoms with E-state index in [1.54, 1.807) is 0 Å². The van der Waals surface area contributed by atoms with E-state index in [0.29, 0.717) is 6.07 Å². The van der Waals surface area contributed by atoms with Crippen LogP contribution in [-0.4, -0.2) is 16.2 Å². The Labute approximate surface area is 107 Å². The third kappa shape index (κ3) is 2.95. The van der Waals surface area contributed by atoms with Crippen LogP contribution in [-0.2, 0) is 17.1 Å². The molecule has 0 aliphatic heterocycles. The number of hydrogen-bond acceptors (Lipinski definition) is 3. The molecule has 1 rings (SSSR count). The first-order valence-corrected chi connectivity index (χ1v) is 4.85. The van der Waals surface area contributed by atoms with Gasteiger partial charge in [0.1, 0.15) is 0 Å². The molecule has 1 atom stereocenters. The molecule has 10 heteroatoms. The second kappa shape index (κ2) is 4.85. The van der Waals surface area contributed by atoms with E-state index in [4.69, 9.17) is 15.9 Å². The number of aliphatic hydroxyl groups is 1. The molecule has 0 aromatic heterocycles. The Bertz CT molecular complexity index is 537. The number of rotatable bonds is 2. The molecule has 0 spiro atoms. The molecule has 0 aliphatic carbocycles. The normalized spacial score (nSPS) is 14.2. The average Bonchev–Trinajstić information content (AvgIpc) is 2.24. The Hall–Kier alpha value is -1.97. The summed E-state index contributed by atoms with van der Waals surface area (Å²) >= 11 is 0. The quantitative estimate of drug-likeness (QED) is 0.579. The number of anilines is 1. The van der Waals surface area contributed by atoms with Gasteiger partial charge in [-0.2, -0.15) is 26.3 Å². The van der Waals surface area contributed by atoms with Crippen molar-refractivity contribution in [3.8, 4) is 0 Å². The van der Waals surface area contributed by atoms with Crippen LogP contribution in [0.1, 0.15) is 22.8 Å². The van der Waals surface area contributed by atoms with Crippen LogP contribution in [0.4, 0.5) is 32.0 Å². The van der Waals surface area contributed by atoms with Crippen LogP contribution >= 0.6 is 0 Å². The molecule has 0 amide bonds. The zero-order chi connectivity index (χ0) is 15.9. The minimum absolute atomic E-state index is 0.0284. The summed E-state index contributed by atoms with van der Waals surface area (Å²) in [5, 5.41) is 17.6. The molecule has 112 valence electrons. The van der Waals surface area contributed by atoms with E-state index in [2.05, 4.69) is 0 Å². The SMILES string of the molecule is Nc1c(C(O)C(=O)O)ccc(C(F)(F)F)c1C(F)(F)F. The van der Waals surface area contributed by atoms with Crippen LogP contribution in [0.25, 0.3) is 0 Å². The molecule has 0 bridgehead atoms. The minimum atomic E-state index is -5.46. The van der Waals surface area contributed by atoms with Gasteiger partial charge in [-0.05, 0) is 6.07 Å². The molecule has 0 saturated heterocycles. The molecule has 1 aromatic carbocycles. The second-order valence-electron chi connectivity index (χ2n) is 3.73. The summed E-state index contributed by atoms with van der Waals surface area (Å²) < 4.78 is 75.6. The largest absolute Gasteiger partial charge is 0.479 e. The highest BCUT2D eigenvalue weighted by atomic mass is 19.4. The number of alkyl halides is 6. The molecule has 0 aliphatic rings. The van der Waals surface area contributed by atoms with E-state index in [9.17, 15) is 31.1 Å². The van der Waals surface area contributed by atoms with E-state index in [1.165, 1.54) is 0 Å². The Balaban J connectivity index is 3.65. The lowest BCUT2D eigenvalue weighted by Gasteiger charge is -2.20. The van der Waals surface area contributed by atoms with Gasteiger partial charge in [-0.1, -0.05) is 6.07 Å². The Morgan fingerprint density at radius 1 is 1.10 bits per heavy atom. The van der Waals surface area contributed by atoms with Gasteiger partial charge in [0.25, 0.3) is 0 Å². The molecule has 0 saturated carbocycles. The Morgan fingerprint density at radius 2 is 1.60 bits per heavy atom. The molecule has 4 N–H and O–H groups in total. The maximum absolute atomic E-state index is 12.7. The zero-order valence-corrected chi connectivity index (χ0v) is 9.38. The summed E-state index contributed by atoms with van der Waals surface area (Å²) in [5.41, 5.74) is -1.74. The number of halogens is 6. The summed E-state index contributed by atoms with van der Waals surface area (Å²) in [6, 6.07) is 0.423. The lowest BCUT2D eigenvalue weighted by molar-refractivity contribution is -0.161. The smallest absolute Gasteiger partial charge is 0.418 e. The Morgan fingerprint density at radius 3 is 1.95 bits per heavy atom. The van der Waals surface area contributed by atoms with Gasteiger partial charge in [0, 0.05) is 5.56 Å². The van der Waals surface area contributed by atoms with E-state index in [0.717, 1.165) is 0 Å². The third-order valence-corrected chi connectivity index (χ3v) is 2.40. The number of hydrogen-bond donors (Lipinski definition) is 3. The van der Waals surface area contributed by atoms with E-state index < -0.39 is 46.8 Å². The van der Waals surface area contributed by atoms with Crippen LogP contribution in [0.5, 0.6) is 0 Å². The maximum Gasteiger partial charge on any atom is 0.418 e. The van der Waals surface area contributed by atoms with Crippen LogP contribution < -0.4 is 5.73 Å². The molecule has 0 heterocycles. The highest BCUT2D eigenvalue weighted by Gasteiger charge is 2.45. The predicted molar refractivity (Wildman–Crippen MR) is 53.5 cm³/mol. The second-order valence-corrected chi connectivity index (χ2v) is 3.73. The first kappa shape index (κ1) is 16.1. The van der Waals surface area contributed by atoms with Crippen molar-refractivity contribution in [2.24, 2.45) is 0 Å². The first-order valence-electron chi connectivity index (χ1n) is 4.85. The maximum atomic E-state index is 12.7. The topological polar surface area (TPSA) is 83.5 Å². The van der Waals surface area contributed by atoms with Gasteiger partial charge in [-0.3, -0.25) is 0 Å². The standard InChI is InChI=1S/C10H7F6NO3/c11-9(12,13)4-2-1-3(7(18)8(19)20)6(17)5(4)10(14,15)16/h1-2,7,18H,17H2,(H,19,20). The van der Waals surface area contributed by atoms with Gasteiger partial charge in [0.05, 0.1) is 16.8 Å². The van der Waals surface area contributed by atoms with Gasteiger partial charge in [-0.25, -0.2) is 4.79 Å². The van der Waals surface area contributed by atoms with E-state index in [-0.39, 0.29) is 6.07 Å². The molecular weight excluding hydrogens is 296 g/mol. The van der Waals surface area contributed by atoms with Crippen molar-refractivity contribution in [2.75, 3.05) is 5.73 Å². The van der Waals surface area contributed by atoms with Gasteiger partial charge in [-0.15, -0.1) is 0 Å². The van der Waals surface area contributed by atoms with Crippen LogP contribution in [0.2, 0.25) is 0 Å². The number of carboxylic acids is 1. The molecule has 0 fully saturated rings. The van der Waals surface area contributed by atoms with Gasteiger partial charge >= 0.3 is 18.3 Å². The minimum Gasteiger partial charge on any atom is -0.479 e.